The number of ether oxygens (including phenoxy) is 1. The molecular weight excluding hydrogens is 380 g/mol. The second kappa shape index (κ2) is 8.03. The standard InChI is InChI=1S/C22H21F2NO4/c1-4-10-29-22(28)12(2)18-13(3)25(16-8-9-17(26)20(24)19(16)18)21(27)14-6-5-7-15(23)11-14/h5-9,11-12,26H,4,10H2,1-3H3/t12-/m1/s1. The van der Waals surface area contributed by atoms with Crippen LogP contribution in [0.5, 0.6) is 5.75 Å². The highest BCUT2D eigenvalue weighted by molar-refractivity contribution is 6.05. The number of carbonyl (C=O) groups is 2. The predicted octanol–water partition coefficient (Wildman–Crippen LogP) is 4.68. The monoisotopic (exact) mass is 401 g/mol. The minimum atomic E-state index is -0.929. The maximum Gasteiger partial charge on any atom is 0.313 e. The van der Waals surface area contributed by atoms with Crippen LogP contribution in [0.25, 0.3) is 10.9 Å². The van der Waals surface area contributed by atoms with Crippen LogP contribution in [0.2, 0.25) is 0 Å². The van der Waals surface area contributed by atoms with Crippen LogP contribution in [-0.2, 0) is 9.53 Å². The maximum absolute atomic E-state index is 14.9. The van der Waals surface area contributed by atoms with Gasteiger partial charge < -0.3 is 9.84 Å². The number of hydrogen-bond donors (Lipinski definition) is 1. The number of aromatic hydroxyl groups is 1. The van der Waals surface area contributed by atoms with Crippen molar-refractivity contribution < 1.29 is 28.2 Å². The van der Waals surface area contributed by atoms with Crippen LogP contribution in [0.4, 0.5) is 8.78 Å². The second-order valence-electron chi connectivity index (χ2n) is 6.83. The number of nitrogens with zero attached hydrogens (tertiary/aromatic N) is 1. The Morgan fingerprint density at radius 2 is 1.93 bits per heavy atom. The molecule has 0 aliphatic rings. The van der Waals surface area contributed by atoms with E-state index in [-0.39, 0.29) is 28.6 Å². The zero-order chi connectivity index (χ0) is 21.3. The van der Waals surface area contributed by atoms with Gasteiger partial charge in [0.05, 0.1) is 18.0 Å². The summed E-state index contributed by atoms with van der Waals surface area (Å²) in [6, 6.07) is 7.69. The first-order valence-corrected chi connectivity index (χ1v) is 9.27. The number of halogens is 2. The summed E-state index contributed by atoms with van der Waals surface area (Å²) in [6.07, 6.45) is 0.631. The molecule has 1 heterocycles. The topological polar surface area (TPSA) is 68.5 Å². The van der Waals surface area contributed by atoms with Crippen LogP contribution in [0.15, 0.2) is 36.4 Å². The quantitative estimate of drug-likeness (QED) is 0.631. The first-order chi connectivity index (χ1) is 13.8. The molecule has 29 heavy (non-hydrogen) atoms. The molecule has 0 aliphatic carbocycles. The lowest BCUT2D eigenvalue weighted by atomic mass is 9.97. The van der Waals surface area contributed by atoms with Crippen LogP contribution >= 0.6 is 0 Å². The number of carbonyl (C=O) groups excluding carboxylic acids is 2. The van der Waals surface area contributed by atoms with Gasteiger partial charge in [0.2, 0.25) is 0 Å². The molecule has 1 N–H and O–H groups in total. The molecule has 1 atom stereocenters. The van der Waals surface area contributed by atoms with Gasteiger partial charge in [-0.2, -0.15) is 0 Å². The highest BCUT2D eigenvalue weighted by atomic mass is 19.1. The second-order valence-corrected chi connectivity index (χ2v) is 6.83. The number of fused-ring (bicyclic) bond motifs is 1. The summed E-state index contributed by atoms with van der Waals surface area (Å²) in [5, 5.41) is 9.83. The van der Waals surface area contributed by atoms with Crippen LogP contribution in [-0.4, -0.2) is 28.2 Å². The van der Waals surface area contributed by atoms with E-state index in [9.17, 15) is 23.5 Å². The molecule has 0 fully saturated rings. The molecule has 152 valence electrons. The molecule has 0 saturated carbocycles. The SMILES string of the molecule is CCCOC(=O)[C@H](C)c1c(C)n(C(=O)c2cccc(F)c2)c2ccc(O)c(F)c12. The lowest BCUT2D eigenvalue weighted by Gasteiger charge is -2.13. The third-order valence-corrected chi connectivity index (χ3v) is 4.84. The third kappa shape index (κ3) is 3.60. The van der Waals surface area contributed by atoms with E-state index in [0.29, 0.717) is 12.1 Å². The number of phenolic OH excluding ortho intramolecular Hbond substituents is 1. The summed E-state index contributed by atoms with van der Waals surface area (Å²) in [4.78, 5) is 25.5. The first kappa shape index (κ1) is 20.5. The van der Waals surface area contributed by atoms with Crippen molar-refractivity contribution in [3.63, 3.8) is 0 Å². The van der Waals surface area contributed by atoms with Crippen LogP contribution in [0.1, 0.15) is 47.8 Å². The Balaban J connectivity index is 2.25. The Kier molecular flexibility index (Phi) is 5.68. The molecule has 3 aromatic rings. The van der Waals surface area contributed by atoms with E-state index in [1.165, 1.54) is 28.8 Å². The maximum atomic E-state index is 14.9. The highest BCUT2D eigenvalue weighted by Gasteiger charge is 2.30. The summed E-state index contributed by atoms with van der Waals surface area (Å²) in [5.41, 5.74) is 0.822. The Hall–Kier alpha value is -3.22. The van der Waals surface area contributed by atoms with Gasteiger partial charge in [0, 0.05) is 16.6 Å². The fraction of sp³-hybridized carbons (Fsp3) is 0.273. The zero-order valence-corrected chi connectivity index (χ0v) is 16.3. The Bertz CT molecular complexity index is 1100. The fourth-order valence-corrected chi connectivity index (χ4v) is 3.47. The number of esters is 1. The summed E-state index contributed by atoms with van der Waals surface area (Å²) < 4.78 is 34.9. The van der Waals surface area contributed by atoms with Gasteiger partial charge in [0.1, 0.15) is 5.82 Å². The van der Waals surface area contributed by atoms with E-state index in [1.807, 2.05) is 6.92 Å². The number of rotatable bonds is 5. The molecule has 0 radical (unpaired) electrons. The normalized spacial score (nSPS) is 12.2. The van der Waals surface area contributed by atoms with Gasteiger partial charge in [-0.3, -0.25) is 14.2 Å². The predicted molar refractivity (Wildman–Crippen MR) is 104 cm³/mol. The summed E-state index contributed by atoms with van der Waals surface area (Å²) in [7, 11) is 0. The van der Waals surface area contributed by atoms with Crippen molar-refractivity contribution in [1.82, 2.24) is 4.57 Å². The van der Waals surface area contributed by atoms with Crippen molar-refractivity contribution in [3.05, 3.63) is 64.9 Å². The molecule has 0 aliphatic heterocycles. The molecule has 0 unspecified atom stereocenters. The average Bonchev–Trinajstić information content (AvgIpc) is 3.00. The van der Waals surface area contributed by atoms with E-state index in [0.717, 1.165) is 12.1 Å². The van der Waals surface area contributed by atoms with Gasteiger partial charge in [-0.15, -0.1) is 0 Å². The molecule has 2 aromatic carbocycles. The third-order valence-electron chi connectivity index (χ3n) is 4.84. The van der Waals surface area contributed by atoms with Gasteiger partial charge >= 0.3 is 5.97 Å². The smallest absolute Gasteiger partial charge is 0.313 e. The van der Waals surface area contributed by atoms with Crippen molar-refractivity contribution in [2.75, 3.05) is 6.61 Å². The van der Waals surface area contributed by atoms with Crippen LogP contribution in [0.3, 0.4) is 0 Å². The summed E-state index contributed by atoms with van der Waals surface area (Å²) in [6.45, 7) is 5.20. The number of phenols is 1. The van der Waals surface area contributed by atoms with E-state index in [4.69, 9.17) is 4.74 Å². The molecule has 0 saturated heterocycles. The number of benzene rings is 2. The summed E-state index contributed by atoms with van der Waals surface area (Å²) >= 11 is 0. The van der Waals surface area contributed by atoms with Crippen molar-refractivity contribution in [3.8, 4) is 5.75 Å². The van der Waals surface area contributed by atoms with E-state index in [2.05, 4.69) is 0 Å². The van der Waals surface area contributed by atoms with Gasteiger partial charge in [-0.05, 0) is 56.2 Å². The Morgan fingerprint density at radius 3 is 2.59 bits per heavy atom. The molecule has 3 rings (SSSR count). The molecule has 0 amide bonds. The average molecular weight is 401 g/mol. The lowest BCUT2D eigenvalue weighted by Crippen LogP contribution is -2.17. The van der Waals surface area contributed by atoms with E-state index >= 15 is 0 Å². The van der Waals surface area contributed by atoms with Gasteiger partial charge in [0.15, 0.2) is 11.6 Å². The van der Waals surface area contributed by atoms with Crippen LogP contribution in [0, 0.1) is 18.6 Å². The molecule has 0 bridgehead atoms. The molecule has 0 spiro atoms. The van der Waals surface area contributed by atoms with E-state index in [1.54, 1.807) is 13.8 Å². The fourth-order valence-electron chi connectivity index (χ4n) is 3.47. The minimum Gasteiger partial charge on any atom is -0.505 e. The molecular formula is C22H21F2NO4. The van der Waals surface area contributed by atoms with Crippen molar-refractivity contribution in [1.29, 1.82) is 0 Å². The number of hydrogen-bond acceptors (Lipinski definition) is 4. The number of aromatic nitrogens is 1. The van der Waals surface area contributed by atoms with Gasteiger partial charge in [0.25, 0.3) is 5.91 Å². The van der Waals surface area contributed by atoms with Crippen molar-refractivity contribution >= 4 is 22.8 Å². The highest BCUT2D eigenvalue weighted by Crippen LogP contribution is 2.37. The van der Waals surface area contributed by atoms with Gasteiger partial charge in [-0.1, -0.05) is 13.0 Å². The molecule has 1 aromatic heterocycles. The molecule has 5 nitrogen and oxygen atoms in total. The molecule has 7 heteroatoms. The van der Waals surface area contributed by atoms with Gasteiger partial charge in [-0.25, -0.2) is 8.78 Å². The van der Waals surface area contributed by atoms with E-state index < -0.39 is 35.2 Å². The first-order valence-electron chi connectivity index (χ1n) is 9.27. The summed E-state index contributed by atoms with van der Waals surface area (Å²) in [5.74, 6) is -4.11. The van der Waals surface area contributed by atoms with Crippen molar-refractivity contribution in [2.24, 2.45) is 0 Å². The Morgan fingerprint density at radius 1 is 1.21 bits per heavy atom. The van der Waals surface area contributed by atoms with Crippen molar-refractivity contribution in [2.45, 2.75) is 33.1 Å². The van der Waals surface area contributed by atoms with Crippen LogP contribution < -0.4 is 0 Å². The lowest BCUT2D eigenvalue weighted by molar-refractivity contribution is -0.145. The zero-order valence-electron chi connectivity index (χ0n) is 16.3. The largest absolute Gasteiger partial charge is 0.505 e. The minimum absolute atomic E-state index is 0.0341. The Labute approximate surface area is 166 Å².